The first-order valence-electron chi connectivity index (χ1n) is 4.63. The quantitative estimate of drug-likeness (QED) is 0.848. The minimum absolute atomic E-state index is 0.0786. The van der Waals surface area contributed by atoms with Gasteiger partial charge in [0.25, 0.3) is 9.05 Å². The van der Waals surface area contributed by atoms with Crippen LogP contribution < -0.4 is 4.74 Å². The zero-order valence-electron chi connectivity index (χ0n) is 9.23. The van der Waals surface area contributed by atoms with E-state index in [0.29, 0.717) is 11.1 Å². The van der Waals surface area contributed by atoms with Gasteiger partial charge in [-0.2, -0.15) is 0 Å². The van der Waals surface area contributed by atoms with Crippen LogP contribution in [0.3, 0.4) is 0 Å². The topological polar surface area (TPSA) is 80.7 Å². The van der Waals surface area contributed by atoms with Gasteiger partial charge < -0.3 is 9.84 Å². The van der Waals surface area contributed by atoms with E-state index in [2.05, 4.69) is 0 Å². The van der Waals surface area contributed by atoms with Gasteiger partial charge in [-0.15, -0.1) is 0 Å². The molecular formula is C10H11ClO5S. The van der Waals surface area contributed by atoms with Crippen molar-refractivity contribution in [2.75, 3.05) is 6.61 Å². The molecule has 0 heterocycles. The third-order valence-electron chi connectivity index (χ3n) is 2.16. The molecule has 1 aromatic carbocycles. The molecule has 0 aromatic heterocycles. The molecular weight excluding hydrogens is 268 g/mol. The fourth-order valence-corrected chi connectivity index (χ4v) is 2.62. The maximum absolute atomic E-state index is 11.2. The van der Waals surface area contributed by atoms with Gasteiger partial charge in [0, 0.05) is 16.2 Å². The lowest BCUT2D eigenvalue weighted by atomic mass is 10.1. The molecule has 1 rings (SSSR count). The number of aliphatic carboxylic acids is 1. The number of carbonyl (C=O) groups is 1. The Hall–Kier alpha value is -1.27. The van der Waals surface area contributed by atoms with E-state index in [0.717, 1.165) is 0 Å². The van der Waals surface area contributed by atoms with Crippen molar-refractivity contribution in [1.82, 2.24) is 0 Å². The van der Waals surface area contributed by atoms with Crippen molar-refractivity contribution in [1.29, 1.82) is 0 Å². The van der Waals surface area contributed by atoms with Crippen molar-refractivity contribution < 1.29 is 23.1 Å². The lowest BCUT2D eigenvalue weighted by Gasteiger charge is -2.12. The van der Waals surface area contributed by atoms with Crippen LogP contribution in [0, 0.1) is 13.8 Å². The Bertz CT molecular complexity index is 550. The first-order valence-corrected chi connectivity index (χ1v) is 6.94. The molecule has 0 unspecified atom stereocenters. The molecule has 17 heavy (non-hydrogen) atoms. The number of carboxylic acids is 1. The van der Waals surface area contributed by atoms with Gasteiger partial charge in [0.2, 0.25) is 0 Å². The predicted molar refractivity (Wildman–Crippen MR) is 62.1 cm³/mol. The third kappa shape index (κ3) is 3.34. The van der Waals surface area contributed by atoms with Gasteiger partial charge in [0.05, 0.1) is 4.90 Å². The number of halogens is 1. The van der Waals surface area contributed by atoms with Gasteiger partial charge in [-0.1, -0.05) is 6.07 Å². The highest BCUT2D eigenvalue weighted by Crippen LogP contribution is 2.30. The van der Waals surface area contributed by atoms with Crippen LogP contribution in [0.2, 0.25) is 0 Å². The summed E-state index contributed by atoms with van der Waals surface area (Å²) in [7, 11) is 1.38. The number of ether oxygens (including phenoxy) is 1. The smallest absolute Gasteiger partial charge is 0.341 e. The molecule has 0 saturated heterocycles. The SMILES string of the molecule is Cc1ccc(S(=O)(=O)Cl)c(C)c1OCC(=O)O. The highest BCUT2D eigenvalue weighted by molar-refractivity contribution is 8.13. The second kappa shape index (κ2) is 4.93. The van der Waals surface area contributed by atoms with Crippen LogP contribution >= 0.6 is 10.7 Å². The largest absolute Gasteiger partial charge is 0.481 e. The average molecular weight is 279 g/mol. The van der Waals surface area contributed by atoms with Crippen LogP contribution in [0.25, 0.3) is 0 Å². The molecule has 0 spiro atoms. The first-order chi connectivity index (χ1) is 7.73. The molecule has 94 valence electrons. The Morgan fingerprint density at radius 2 is 2.00 bits per heavy atom. The minimum atomic E-state index is -3.87. The predicted octanol–water partition coefficient (Wildman–Crippen LogP) is 1.69. The molecule has 0 bridgehead atoms. The van der Waals surface area contributed by atoms with Gasteiger partial charge in [-0.3, -0.25) is 0 Å². The summed E-state index contributed by atoms with van der Waals surface area (Å²) in [6.45, 7) is 2.67. The number of carboxylic acid groups (broad SMARTS) is 1. The summed E-state index contributed by atoms with van der Waals surface area (Å²) in [6, 6.07) is 2.88. The lowest BCUT2D eigenvalue weighted by Crippen LogP contribution is -2.11. The monoisotopic (exact) mass is 278 g/mol. The van der Waals surface area contributed by atoms with Crippen molar-refractivity contribution >= 4 is 25.7 Å². The number of hydrogen-bond donors (Lipinski definition) is 1. The number of hydrogen-bond acceptors (Lipinski definition) is 4. The minimum Gasteiger partial charge on any atom is -0.481 e. The van der Waals surface area contributed by atoms with Crippen molar-refractivity contribution in [3.8, 4) is 5.75 Å². The fraction of sp³-hybridized carbons (Fsp3) is 0.300. The molecule has 1 N–H and O–H groups in total. The van der Waals surface area contributed by atoms with Crippen molar-refractivity contribution in [3.63, 3.8) is 0 Å². The standard InChI is InChI=1S/C10H11ClO5S/c1-6-3-4-8(17(11,14)15)7(2)10(6)16-5-9(12)13/h3-4H,5H2,1-2H3,(H,12,13). The maximum Gasteiger partial charge on any atom is 0.341 e. The molecule has 1 aromatic rings. The summed E-state index contributed by atoms with van der Waals surface area (Å²) in [4.78, 5) is 10.3. The van der Waals surface area contributed by atoms with Crippen LogP contribution in [0.4, 0.5) is 0 Å². The fourth-order valence-electron chi connectivity index (χ4n) is 1.43. The first kappa shape index (κ1) is 13.8. The summed E-state index contributed by atoms with van der Waals surface area (Å²) in [5.41, 5.74) is 0.953. The van der Waals surface area contributed by atoms with E-state index in [9.17, 15) is 13.2 Å². The van der Waals surface area contributed by atoms with Crippen LogP contribution in [-0.2, 0) is 13.8 Å². The number of rotatable bonds is 4. The second-order valence-electron chi connectivity index (χ2n) is 3.45. The molecule has 0 aliphatic heterocycles. The van der Waals surface area contributed by atoms with Crippen molar-refractivity contribution in [2.24, 2.45) is 0 Å². The highest BCUT2D eigenvalue weighted by Gasteiger charge is 2.18. The summed E-state index contributed by atoms with van der Waals surface area (Å²) in [5.74, 6) is -0.906. The second-order valence-corrected chi connectivity index (χ2v) is 5.99. The molecule has 0 atom stereocenters. The summed E-state index contributed by atoms with van der Waals surface area (Å²) >= 11 is 0. The Labute approximate surface area is 103 Å². The van der Waals surface area contributed by atoms with E-state index in [1.807, 2.05) is 0 Å². The van der Waals surface area contributed by atoms with Gasteiger partial charge in [-0.25, -0.2) is 13.2 Å². The normalized spacial score (nSPS) is 11.2. The molecule has 5 nitrogen and oxygen atoms in total. The Kier molecular flexibility index (Phi) is 4.00. The number of aryl methyl sites for hydroxylation is 1. The Morgan fingerprint density at radius 1 is 1.41 bits per heavy atom. The van der Waals surface area contributed by atoms with E-state index in [1.54, 1.807) is 6.92 Å². The lowest BCUT2D eigenvalue weighted by molar-refractivity contribution is -0.139. The average Bonchev–Trinajstić information content (AvgIpc) is 2.14. The summed E-state index contributed by atoms with van der Waals surface area (Å²) in [5, 5.41) is 8.52. The molecule has 0 saturated carbocycles. The molecule has 0 radical (unpaired) electrons. The van der Waals surface area contributed by atoms with Crippen LogP contribution in [-0.4, -0.2) is 26.1 Å². The molecule has 0 fully saturated rings. The zero-order valence-corrected chi connectivity index (χ0v) is 10.8. The van der Waals surface area contributed by atoms with Crippen LogP contribution in [0.5, 0.6) is 5.75 Å². The zero-order chi connectivity index (χ0) is 13.2. The van der Waals surface area contributed by atoms with Crippen molar-refractivity contribution in [2.45, 2.75) is 18.7 Å². The van der Waals surface area contributed by atoms with E-state index in [4.69, 9.17) is 20.5 Å². The Morgan fingerprint density at radius 3 is 2.47 bits per heavy atom. The number of benzene rings is 1. The van der Waals surface area contributed by atoms with E-state index < -0.39 is 21.6 Å². The molecule has 0 amide bonds. The maximum atomic E-state index is 11.2. The van der Waals surface area contributed by atoms with Gasteiger partial charge >= 0.3 is 5.97 Å². The third-order valence-corrected chi connectivity index (χ3v) is 3.62. The molecule has 0 aliphatic rings. The molecule has 0 aliphatic carbocycles. The van der Waals surface area contributed by atoms with Crippen LogP contribution in [0.1, 0.15) is 11.1 Å². The van der Waals surface area contributed by atoms with E-state index in [-0.39, 0.29) is 10.6 Å². The summed E-state index contributed by atoms with van der Waals surface area (Å²) < 4.78 is 27.5. The van der Waals surface area contributed by atoms with E-state index >= 15 is 0 Å². The summed E-state index contributed by atoms with van der Waals surface area (Å²) in [6.07, 6.45) is 0. The highest BCUT2D eigenvalue weighted by atomic mass is 35.7. The van der Waals surface area contributed by atoms with Crippen molar-refractivity contribution in [3.05, 3.63) is 23.3 Å². The van der Waals surface area contributed by atoms with E-state index in [1.165, 1.54) is 19.1 Å². The van der Waals surface area contributed by atoms with Gasteiger partial charge in [0.15, 0.2) is 6.61 Å². The van der Waals surface area contributed by atoms with Gasteiger partial charge in [0.1, 0.15) is 5.75 Å². The van der Waals surface area contributed by atoms with Crippen LogP contribution in [0.15, 0.2) is 17.0 Å². The molecule has 7 heteroatoms. The van der Waals surface area contributed by atoms with Gasteiger partial charge in [-0.05, 0) is 25.5 Å². The Balaban J connectivity index is 3.25.